The molecule has 5 nitrogen and oxygen atoms in total. The highest BCUT2D eigenvalue weighted by molar-refractivity contribution is 7.99. The minimum absolute atomic E-state index is 0.0113. The lowest BCUT2D eigenvalue weighted by Gasteiger charge is -2.37. The number of thioether (sulfide) groups is 1. The second-order valence-corrected chi connectivity index (χ2v) is 10.3. The van der Waals surface area contributed by atoms with Crippen molar-refractivity contribution in [2.24, 2.45) is 5.92 Å². The number of fused-ring (bicyclic) bond motifs is 3. The van der Waals surface area contributed by atoms with Crippen LogP contribution in [0.4, 0.5) is 0 Å². The lowest BCUT2D eigenvalue weighted by atomic mass is 9.77. The Labute approximate surface area is 220 Å². The minimum Gasteiger partial charge on any atom is -0.497 e. The fourth-order valence-corrected chi connectivity index (χ4v) is 6.26. The molecule has 0 unspecified atom stereocenters. The van der Waals surface area contributed by atoms with E-state index in [1.54, 1.807) is 18.9 Å². The van der Waals surface area contributed by atoms with Gasteiger partial charge in [-0.3, -0.25) is 4.79 Å². The van der Waals surface area contributed by atoms with Gasteiger partial charge in [0.2, 0.25) is 5.91 Å². The number of hydrogen-bond donors (Lipinski definition) is 2. The van der Waals surface area contributed by atoms with E-state index in [2.05, 4.69) is 46.7 Å². The highest BCUT2D eigenvalue weighted by atomic mass is 32.2. The summed E-state index contributed by atoms with van der Waals surface area (Å²) >= 11 is 1.76. The summed E-state index contributed by atoms with van der Waals surface area (Å²) in [5, 5.41) is 4.40. The first-order chi connectivity index (χ1) is 18.2. The summed E-state index contributed by atoms with van der Waals surface area (Å²) in [5.74, 6) is 2.14. The summed E-state index contributed by atoms with van der Waals surface area (Å²) in [6.45, 7) is 0.571. The average Bonchev–Trinajstić information content (AvgIpc) is 3.32. The highest BCUT2D eigenvalue weighted by Gasteiger charge is 2.40. The molecule has 0 bridgehead atoms. The lowest BCUT2D eigenvalue weighted by Crippen LogP contribution is -2.42. The van der Waals surface area contributed by atoms with Crippen molar-refractivity contribution in [1.82, 2.24) is 10.3 Å². The quantitative estimate of drug-likeness (QED) is 0.226. The van der Waals surface area contributed by atoms with Gasteiger partial charge in [0.25, 0.3) is 0 Å². The molecule has 1 amide bonds. The molecule has 4 aromatic rings. The predicted octanol–water partition coefficient (Wildman–Crippen LogP) is 6.34. The van der Waals surface area contributed by atoms with Gasteiger partial charge in [-0.1, -0.05) is 54.6 Å². The van der Waals surface area contributed by atoms with E-state index in [0.717, 1.165) is 39.6 Å². The van der Waals surface area contributed by atoms with E-state index in [1.807, 2.05) is 60.7 Å². The van der Waals surface area contributed by atoms with Crippen molar-refractivity contribution < 1.29 is 14.3 Å². The van der Waals surface area contributed by atoms with Crippen LogP contribution in [0.25, 0.3) is 22.2 Å². The first-order valence-electron chi connectivity index (χ1n) is 12.5. The molecule has 186 valence electrons. The number of benzene rings is 3. The van der Waals surface area contributed by atoms with Crippen molar-refractivity contribution in [3.8, 4) is 22.8 Å². The topological polar surface area (TPSA) is 63.3 Å². The number of rotatable bonds is 7. The Hall–Kier alpha value is -3.90. The normalized spacial score (nSPS) is 19.6. The molecular weight excluding hydrogens is 480 g/mol. The average molecular weight is 509 g/mol. The fraction of sp³-hybridized carbons (Fsp3) is 0.194. The van der Waals surface area contributed by atoms with Gasteiger partial charge in [0.1, 0.15) is 17.6 Å². The number of hydrogen-bond acceptors (Lipinski definition) is 4. The first kappa shape index (κ1) is 23.5. The van der Waals surface area contributed by atoms with E-state index in [0.29, 0.717) is 6.54 Å². The van der Waals surface area contributed by atoms with Crippen LogP contribution in [0.5, 0.6) is 11.5 Å². The van der Waals surface area contributed by atoms with Crippen molar-refractivity contribution in [1.29, 1.82) is 0 Å². The molecule has 1 aliphatic heterocycles. The zero-order chi connectivity index (χ0) is 25.2. The molecule has 2 heterocycles. The van der Waals surface area contributed by atoms with Crippen LogP contribution >= 0.6 is 11.8 Å². The summed E-state index contributed by atoms with van der Waals surface area (Å²) in [6.07, 6.45) is 8.00. The van der Waals surface area contributed by atoms with Crippen LogP contribution in [0.1, 0.15) is 11.5 Å². The van der Waals surface area contributed by atoms with Crippen LogP contribution < -0.4 is 14.8 Å². The third kappa shape index (κ3) is 4.53. The van der Waals surface area contributed by atoms with Crippen LogP contribution in [-0.4, -0.2) is 36.4 Å². The maximum absolute atomic E-state index is 13.5. The number of aromatic amines is 1. The van der Waals surface area contributed by atoms with E-state index < -0.39 is 0 Å². The first-order valence-corrected chi connectivity index (χ1v) is 13.5. The largest absolute Gasteiger partial charge is 0.497 e. The van der Waals surface area contributed by atoms with Gasteiger partial charge >= 0.3 is 0 Å². The number of carbonyl (C=O) groups is 1. The van der Waals surface area contributed by atoms with E-state index in [9.17, 15) is 4.79 Å². The molecule has 0 saturated carbocycles. The molecule has 37 heavy (non-hydrogen) atoms. The molecule has 6 heteroatoms. The van der Waals surface area contributed by atoms with Crippen LogP contribution in [-0.2, 0) is 4.79 Å². The SMILES string of the molecule is COc1ccc(-c2[nH]c3ccccc3c2SCCNC(=O)[C@H]2c3ccccc3O[C@@H]3C=CC=C[C@@H]32)cc1. The van der Waals surface area contributed by atoms with Crippen molar-refractivity contribution in [2.45, 2.75) is 16.9 Å². The van der Waals surface area contributed by atoms with E-state index >= 15 is 0 Å². The second kappa shape index (κ2) is 10.2. The van der Waals surface area contributed by atoms with E-state index in [1.165, 1.54) is 10.3 Å². The number of methoxy groups -OCH3 is 1. The monoisotopic (exact) mass is 508 g/mol. The molecular formula is C31H28N2O3S. The molecule has 0 spiro atoms. The van der Waals surface area contributed by atoms with Crippen LogP contribution in [0.3, 0.4) is 0 Å². The van der Waals surface area contributed by atoms with Crippen LogP contribution in [0.2, 0.25) is 0 Å². The Morgan fingerprint density at radius 2 is 1.78 bits per heavy atom. The summed E-state index contributed by atoms with van der Waals surface area (Å²) in [4.78, 5) is 18.3. The number of ether oxygens (including phenoxy) is 2. The number of para-hydroxylation sites is 2. The van der Waals surface area contributed by atoms with Gasteiger partial charge < -0.3 is 19.8 Å². The maximum atomic E-state index is 13.5. The molecule has 2 N–H and O–H groups in total. The number of nitrogens with one attached hydrogen (secondary N) is 2. The van der Waals surface area contributed by atoms with Crippen molar-refractivity contribution in [3.63, 3.8) is 0 Å². The third-order valence-electron chi connectivity index (χ3n) is 6.99. The number of amides is 1. The number of carbonyl (C=O) groups excluding carboxylic acids is 1. The van der Waals surface area contributed by atoms with Gasteiger partial charge in [0, 0.05) is 39.6 Å². The second-order valence-electron chi connectivity index (χ2n) is 9.19. The van der Waals surface area contributed by atoms with Crippen molar-refractivity contribution in [3.05, 3.63) is 103 Å². The maximum Gasteiger partial charge on any atom is 0.228 e. The predicted molar refractivity (Wildman–Crippen MR) is 149 cm³/mol. The minimum atomic E-state index is -0.274. The fourth-order valence-electron chi connectivity index (χ4n) is 5.20. The van der Waals surface area contributed by atoms with Gasteiger partial charge in [-0.05, 0) is 48.0 Å². The number of H-pyrrole nitrogens is 1. The lowest BCUT2D eigenvalue weighted by molar-refractivity contribution is -0.124. The summed E-state index contributed by atoms with van der Waals surface area (Å²) in [6, 6.07) is 24.3. The summed E-state index contributed by atoms with van der Waals surface area (Å²) in [7, 11) is 1.67. The summed E-state index contributed by atoms with van der Waals surface area (Å²) < 4.78 is 11.5. The number of allylic oxidation sites excluding steroid dienone is 2. The van der Waals surface area contributed by atoms with Gasteiger partial charge in [-0.15, -0.1) is 11.8 Å². The molecule has 3 atom stereocenters. The van der Waals surface area contributed by atoms with Crippen molar-refractivity contribution in [2.75, 3.05) is 19.4 Å². The molecule has 0 fully saturated rings. The Morgan fingerprint density at radius 3 is 2.65 bits per heavy atom. The molecule has 3 aromatic carbocycles. The standard InChI is InChI=1S/C31H28N2O3S/c1-35-21-16-14-20(15-17-21)29-30(22-8-2-5-11-25(22)33-29)37-19-18-32-31(34)28-23-9-3-6-12-26(23)36-27-13-7-4-10-24(27)28/h2-17,23,26,28,33H,18-19H2,1H3,(H,32,34)/t23-,26+,28+/m0/s1. The Morgan fingerprint density at radius 1 is 1.00 bits per heavy atom. The Balaban J connectivity index is 1.18. The van der Waals surface area contributed by atoms with Gasteiger partial charge in [-0.2, -0.15) is 0 Å². The van der Waals surface area contributed by atoms with Gasteiger partial charge in [0.05, 0.1) is 18.7 Å². The highest BCUT2D eigenvalue weighted by Crippen LogP contribution is 2.42. The number of aromatic nitrogens is 1. The van der Waals surface area contributed by atoms with E-state index in [-0.39, 0.29) is 23.8 Å². The molecule has 2 aliphatic rings. The van der Waals surface area contributed by atoms with E-state index in [4.69, 9.17) is 9.47 Å². The molecule has 0 saturated heterocycles. The Bertz CT molecular complexity index is 1490. The van der Waals surface area contributed by atoms with Crippen LogP contribution in [0.15, 0.2) is 102 Å². The zero-order valence-corrected chi connectivity index (χ0v) is 21.3. The van der Waals surface area contributed by atoms with Crippen molar-refractivity contribution >= 4 is 28.6 Å². The van der Waals surface area contributed by atoms with Gasteiger partial charge in [0.15, 0.2) is 0 Å². The Kier molecular flexibility index (Phi) is 6.49. The third-order valence-corrected chi connectivity index (χ3v) is 8.11. The molecule has 0 radical (unpaired) electrons. The van der Waals surface area contributed by atoms with Gasteiger partial charge in [-0.25, -0.2) is 0 Å². The zero-order valence-electron chi connectivity index (χ0n) is 20.5. The summed E-state index contributed by atoms with van der Waals surface area (Å²) in [5.41, 5.74) is 4.24. The van der Waals surface area contributed by atoms with Crippen LogP contribution in [0, 0.1) is 5.92 Å². The molecule has 6 rings (SSSR count). The molecule has 1 aromatic heterocycles. The smallest absolute Gasteiger partial charge is 0.228 e. The molecule has 1 aliphatic carbocycles.